The molecular weight excluding hydrogens is 406 g/mol. The smallest absolute Gasteiger partial charge is 0.251 e. The number of hydrogen-bond donors (Lipinski definition) is 2. The van der Waals surface area contributed by atoms with E-state index in [-0.39, 0.29) is 53.2 Å². The maximum Gasteiger partial charge on any atom is 0.251 e. The van der Waals surface area contributed by atoms with E-state index >= 15 is 0 Å². The van der Waals surface area contributed by atoms with Gasteiger partial charge in [0.2, 0.25) is 21.8 Å². The standard InChI is InChI=1S/C18H24ClN3O5S/c1-18(2,3)21-28(26,27)14-11-12(5-6-13(14)19)17(25)20-9-4-10-22-15(23)7-8-16(22)24/h5-6,11,21H,4,7-10H2,1-3H3,(H,20,25). The Labute approximate surface area is 169 Å². The second kappa shape index (κ2) is 8.59. The molecule has 1 aromatic carbocycles. The number of hydrogen-bond acceptors (Lipinski definition) is 5. The van der Waals surface area contributed by atoms with Crippen molar-refractivity contribution in [2.75, 3.05) is 13.1 Å². The van der Waals surface area contributed by atoms with Gasteiger partial charge < -0.3 is 5.32 Å². The van der Waals surface area contributed by atoms with Crippen molar-refractivity contribution in [3.8, 4) is 0 Å². The van der Waals surface area contributed by atoms with Crippen LogP contribution in [0.3, 0.4) is 0 Å². The molecule has 0 radical (unpaired) electrons. The molecule has 0 spiro atoms. The van der Waals surface area contributed by atoms with Gasteiger partial charge >= 0.3 is 0 Å². The van der Waals surface area contributed by atoms with Gasteiger partial charge in [0.05, 0.1) is 5.02 Å². The molecule has 1 aromatic rings. The Balaban J connectivity index is 2.00. The number of amides is 3. The van der Waals surface area contributed by atoms with Crippen molar-refractivity contribution in [2.24, 2.45) is 0 Å². The van der Waals surface area contributed by atoms with E-state index in [0.717, 1.165) is 0 Å². The van der Waals surface area contributed by atoms with Gasteiger partial charge in [-0.15, -0.1) is 0 Å². The summed E-state index contributed by atoms with van der Waals surface area (Å²) in [6.07, 6.45) is 0.874. The van der Waals surface area contributed by atoms with Crippen LogP contribution in [0.25, 0.3) is 0 Å². The molecule has 28 heavy (non-hydrogen) atoms. The largest absolute Gasteiger partial charge is 0.352 e. The highest BCUT2D eigenvalue weighted by atomic mass is 35.5. The summed E-state index contributed by atoms with van der Waals surface area (Å²) in [5, 5.41) is 2.67. The first kappa shape index (κ1) is 22.3. The van der Waals surface area contributed by atoms with E-state index in [0.29, 0.717) is 6.42 Å². The van der Waals surface area contributed by atoms with E-state index in [1.165, 1.54) is 23.1 Å². The van der Waals surface area contributed by atoms with Gasteiger partial charge in [0.1, 0.15) is 4.90 Å². The van der Waals surface area contributed by atoms with E-state index < -0.39 is 21.5 Å². The minimum Gasteiger partial charge on any atom is -0.352 e. The van der Waals surface area contributed by atoms with Gasteiger partial charge in [-0.25, -0.2) is 13.1 Å². The molecular formula is C18H24ClN3O5S. The lowest BCUT2D eigenvalue weighted by molar-refractivity contribution is -0.138. The Bertz CT molecular complexity index is 877. The third-order valence-electron chi connectivity index (χ3n) is 3.92. The third-order valence-corrected chi connectivity index (χ3v) is 6.16. The number of halogens is 1. The van der Waals surface area contributed by atoms with Gasteiger partial charge in [0.15, 0.2) is 0 Å². The van der Waals surface area contributed by atoms with E-state index in [2.05, 4.69) is 10.0 Å². The average Bonchev–Trinajstić information content (AvgIpc) is 2.88. The Morgan fingerprint density at radius 3 is 2.36 bits per heavy atom. The lowest BCUT2D eigenvalue weighted by atomic mass is 10.1. The Morgan fingerprint density at radius 2 is 1.79 bits per heavy atom. The van der Waals surface area contributed by atoms with Crippen LogP contribution in [0.15, 0.2) is 23.1 Å². The number of rotatable bonds is 7. The Hall–Kier alpha value is -1.97. The number of carbonyl (C=O) groups excluding carboxylic acids is 3. The zero-order valence-corrected chi connectivity index (χ0v) is 17.6. The maximum atomic E-state index is 12.5. The molecule has 10 heteroatoms. The van der Waals surface area contributed by atoms with Crippen LogP contribution in [0.2, 0.25) is 5.02 Å². The van der Waals surface area contributed by atoms with Gasteiger partial charge in [0.25, 0.3) is 5.91 Å². The molecule has 0 bridgehead atoms. The SMILES string of the molecule is CC(C)(C)NS(=O)(=O)c1cc(C(=O)NCCCN2C(=O)CCC2=O)ccc1Cl. The predicted molar refractivity (Wildman–Crippen MR) is 104 cm³/mol. The summed E-state index contributed by atoms with van der Waals surface area (Å²) in [5.74, 6) is -0.867. The molecule has 0 atom stereocenters. The summed E-state index contributed by atoms with van der Waals surface area (Å²) in [5.41, 5.74) is -0.558. The van der Waals surface area contributed by atoms with E-state index in [9.17, 15) is 22.8 Å². The number of nitrogens with zero attached hydrogens (tertiary/aromatic N) is 1. The highest BCUT2D eigenvalue weighted by molar-refractivity contribution is 7.89. The van der Waals surface area contributed by atoms with Gasteiger partial charge in [-0.3, -0.25) is 19.3 Å². The van der Waals surface area contributed by atoms with Crippen LogP contribution >= 0.6 is 11.6 Å². The molecule has 0 aliphatic carbocycles. The molecule has 1 heterocycles. The number of imide groups is 1. The molecule has 154 valence electrons. The molecule has 0 aromatic heterocycles. The van der Waals surface area contributed by atoms with Crippen LogP contribution < -0.4 is 10.0 Å². The Morgan fingerprint density at radius 1 is 1.18 bits per heavy atom. The molecule has 0 saturated carbocycles. The zero-order valence-electron chi connectivity index (χ0n) is 16.0. The minimum atomic E-state index is -3.90. The van der Waals surface area contributed by atoms with Crippen molar-refractivity contribution in [1.82, 2.24) is 14.9 Å². The first-order valence-electron chi connectivity index (χ1n) is 8.86. The van der Waals surface area contributed by atoms with Gasteiger partial charge in [-0.2, -0.15) is 0 Å². The first-order valence-corrected chi connectivity index (χ1v) is 10.7. The highest BCUT2D eigenvalue weighted by Crippen LogP contribution is 2.24. The van der Waals surface area contributed by atoms with Crippen LogP contribution in [-0.2, 0) is 19.6 Å². The van der Waals surface area contributed by atoms with Crippen LogP contribution in [-0.4, -0.2) is 49.7 Å². The van der Waals surface area contributed by atoms with Crippen molar-refractivity contribution in [2.45, 2.75) is 50.5 Å². The van der Waals surface area contributed by atoms with Crippen molar-refractivity contribution < 1.29 is 22.8 Å². The molecule has 1 fully saturated rings. The van der Waals surface area contributed by atoms with Gasteiger partial charge in [-0.05, 0) is 45.4 Å². The zero-order chi connectivity index (χ0) is 21.1. The van der Waals surface area contributed by atoms with Crippen molar-refractivity contribution in [1.29, 1.82) is 0 Å². The summed E-state index contributed by atoms with van der Waals surface area (Å²) in [4.78, 5) is 36.4. The lowest BCUT2D eigenvalue weighted by Gasteiger charge is -2.21. The van der Waals surface area contributed by atoms with Crippen molar-refractivity contribution in [3.63, 3.8) is 0 Å². The monoisotopic (exact) mass is 429 g/mol. The summed E-state index contributed by atoms with van der Waals surface area (Å²) in [6.45, 7) is 5.58. The molecule has 2 N–H and O–H groups in total. The highest BCUT2D eigenvalue weighted by Gasteiger charge is 2.28. The predicted octanol–water partition coefficient (Wildman–Crippen LogP) is 1.69. The van der Waals surface area contributed by atoms with Crippen LogP contribution in [0.1, 0.15) is 50.4 Å². The molecule has 1 saturated heterocycles. The quantitative estimate of drug-likeness (QED) is 0.505. The van der Waals surface area contributed by atoms with Crippen molar-refractivity contribution >= 4 is 39.3 Å². The molecule has 2 rings (SSSR count). The second-order valence-electron chi connectivity index (χ2n) is 7.55. The second-order valence-corrected chi connectivity index (χ2v) is 9.61. The molecule has 3 amide bonds. The summed E-state index contributed by atoms with van der Waals surface area (Å²) < 4.78 is 27.5. The first-order chi connectivity index (χ1) is 12.9. The Kier molecular flexibility index (Phi) is 6.84. The topological polar surface area (TPSA) is 113 Å². The van der Waals surface area contributed by atoms with Crippen LogP contribution in [0, 0.1) is 0 Å². The lowest BCUT2D eigenvalue weighted by Crippen LogP contribution is -2.40. The third kappa shape index (κ3) is 5.76. The fourth-order valence-corrected chi connectivity index (χ4v) is 4.67. The minimum absolute atomic E-state index is 0.0133. The normalized spacial score (nSPS) is 15.2. The number of carbonyl (C=O) groups is 3. The number of benzene rings is 1. The number of nitrogens with one attached hydrogen (secondary N) is 2. The number of sulfonamides is 1. The summed E-state index contributed by atoms with van der Waals surface area (Å²) in [6, 6.07) is 4.01. The molecule has 1 aliphatic rings. The number of likely N-dealkylation sites (tertiary alicyclic amines) is 1. The summed E-state index contributed by atoms with van der Waals surface area (Å²) in [7, 11) is -3.90. The van der Waals surface area contributed by atoms with E-state index in [1.807, 2.05) is 0 Å². The average molecular weight is 430 g/mol. The fourth-order valence-electron chi connectivity index (χ4n) is 2.72. The van der Waals surface area contributed by atoms with Crippen LogP contribution in [0.5, 0.6) is 0 Å². The summed E-state index contributed by atoms with van der Waals surface area (Å²) >= 11 is 6.02. The van der Waals surface area contributed by atoms with Gasteiger partial charge in [0, 0.05) is 37.0 Å². The molecule has 8 nitrogen and oxygen atoms in total. The van der Waals surface area contributed by atoms with Gasteiger partial charge in [-0.1, -0.05) is 11.6 Å². The van der Waals surface area contributed by atoms with E-state index in [1.54, 1.807) is 20.8 Å². The maximum absolute atomic E-state index is 12.5. The van der Waals surface area contributed by atoms with Crippen LogP contribution in [0.4, 0.5) is 0 Å². The van der Waals surface area contributed by atoms with E-state index in [4.69, 9.17) is 11.6 Å². The molecule has 0 unspecified atom stereocenters. The van der Waals surface area contributed by atoms with Crippen molar-refractivity contribution in [3.05, 3.63) is 28.8 Å². The molecule has 1 aliphatic heterocycles. The fraction of sp³-hybridized carbons (Fsp3) is 0.500.